The maximum absolute atomic E-state index is 5.76. The molecule has 1 saturated heterocycles. The Bertz CT molecular complexity index is 267. The van der Waals surface area contributed by atoms with E-state index in [9.17, 15) is 0 Å². The van der Waals surface area contributed by atoms with Gasteiger partial charge in [-0.05, 0) is 25.2 Å². The summed E-state index contributed by atoms with van der Waals surface area (Å²) in [5, 5.41) is 3.04. The zero-order valence-corrected chi connectivity index (χ0v) is 10.4. The van der Waals surface area contributed by atoms with Gasteiger partial charge in [0.15, 0.2) is 5.96 Å². The van der Waals surface area contributed by atoms with E-state index >= 15 is 0 Å². The van der Waals surface area contributed by atoms with Gasteiger partial charge in [-0.3, -0.25) is 4.99 Å². The molecular formula is C12H23N3O. The Labute approximate surface area is 98.0 Å². The lowest BCUT2D eigenvalue weighted by atomic mass is 9.83. The maximum atomic E-state index is 5.76. The summed E-state index contributed by atoms with van der Waals surface area (Å²) in [5.74, 6) is 0.510. The molecule has 4 nitrogen and oxygen atoms in total. The number of guanidine groups is 1. The van der Waals surface area contributed by atoms with Gasteiger partial charge in [0, 0.05) is 26.3 Å². The number of rotatable bonds is 4. The largest absolute Gasteiger partial charge is 0.381 e. The first-order chi connectivity index (χ1) is 7.52. The van der Waals surface area contributed by atoms with Crippen molar-refractivity contribution < 1.29 is 4.74 Å². The molecule has 0 aromatic heterocycles. The molecule has 3 N–H and O–H groups in total. The molecule has 0 aromatic carbocycles. The van der Waals surface area contributed by atoms with Gasteiger partial charge in [-0.2, -0.15) is 0 Å². The first-order valence-electron chi connectivity index (χ1n) is 5.78. The molecule has 0 aromatic rings. The van der Waals surface area contributed by atoms with Crippen molar-refractivity contribution in [2.24, 2.45) is 16.1 Å². The van der Waals surface area contributed by atoms with Crippen LogP contribution in [0.15, 0.2) is 17.1 Å². The molecule has 1 heterocycles. The summed E-state index contributed by atoms with van der Waals surface area (Å²) in [6, 6.07) is 0. The number of hydrogen-bond acceptors (Lipinski definition) is 2. The van der Waals surface area contributed by atoms with Crippen molar-refractivity contribution in [1.29, 1.82) is 0 Å². The molecule has 0 amide bonds. The van der Waals surface area contributed by atoms with Crippen molar-refractivity contribution in [1.82, 2.24) is 5.32 Å². The van der Waals surface area contributed by atoms with Crippen LogP contribution in [-0.4, -0.2) is 32.3 Å². The summed E-state index contributed by atoms with van der Waals surface area (Å²) < 4.78 is 5.34. The summed E-state index contributed by atoms with van der Waals surface area (Å²) in [5.41, 5.74) is 7.06. The van der Waals surface area contributed by atoms with Crippen LogP contribution in [-0.2, 0) is 4.74 Å². The van der Waals surface area contributed by atoms with Crippen LogP contribution in [0.1, 0.15) is 26.7 Å². The fraction of sp³-hybridized carbons (Fsp3) is 0.750. The van der Waals surface area contributed by atoms with E-state index < -0.39 is 0 Å². The topological polar surface area (TPSA) is 59.6 Å². The third-order valence-corrected chi connectivity index (χ3v) is 2.90. The van der Waals surface area contributed by atoms with Crippen LogP contribution in [0, 0.1) is 5.41 Å². The smallest absolute Gasteiger partial charge is 0.188 e. The van der Waals surface area contributed by atoms with Crippen LogP contribution >= 0.6 is 0 Å². The molecule has 1 aliphatic rings. The highest BCUT2D eigenvalue weighted by Crippen LogP contribution is 2.29. The SMILES string of the molecule is C=C(C)CNC(N)=NCC1(C)CCOCC1. The van der Waals surface area contributed by atoms with Gasteiger partial charge in [0.2, 0.25) is 0 Å². The highest BCUT2D eigenvalue weighted by atomic mass is 16.5. The van der Waals surface area contributed by atoms with Crippen molar-refractivity contribution in [2.75, 3.05) is 26.3 Å². The minimum atomic E-state index is 0.244. The van der Waals surface area contributed by atoms with E-state index in [0.717, 1.165) is 38.2 Å². The third-order valence-electron chi connectivity index (χ3n) is 2.90. The fourth-order valence-corrected chi connectivity index (χ4v) is 1.60. The third kappa shape index (κ3) is 4.66. The Morgan fingerprint density at radius 3 is 2.69 bits per heavy atom. The van der Waals surface area contributed by atoms with Crippen molar-refractivity contribution in [3.63, 3.8) is 0 Å². The van der Waals surface area contributed by atoms with Gasteiger partial charge in [-0.1, -0.05) is 19.1 Å². The summed E-state index contributed by atoms with van der Waals surface area (Å²) in [7, 11) is 0. The van der Waals surface area contributed by atoms with E-state index in [4.69, 9.17) is 10.5 Å². The number of hydrogen-bond donors (Lipinski definition) is 2. The molecule has 4 heteroatoms. The fourth-order valence-electron chi connectivity index (χ4n) is 1.60. The molecule has 92 valence electrons. The van der Waals surface area contributed by atoms with Gasteiger partial charge < -0.3 is 15.8 Å². The Balaban J connectivity index is 2.35. The highest BCUT2D eigenvalue weighted by molar-refractivity contribution is 5.78. The van der Waals surface area contributed by atoms with Crippen LogP contribution in [0.4, 0.5) is 0 Å². The van der Waals surface area contributed by atoms with Crippen LogP contribution in [0.25, 0.3) is 0 Å². The minimum Gasteiger partial charge on any atom is -0.381 e. The Morgan fingerprint density at radius 1 is 1.50 bits per heavy atom. The number of nitrogens with two attached hydrogens (primary N) is 1. The molecule has 0 unspecified atom stereocenters. The number of ether oxygens (including phenoxy) is 1. The lowest BCUT2D eigenvalue weighted by molar-refractivity contribution is 0.0283. The van der Waals surface area contributed by atoms with E-state index in [1.807, 2.05) is 6.92 Å². The Kier molecular flexibility index (Phi) is 4.80. The zero-order chi connectivity index (χ0) is 12.0. The molecule has 0 aliphatic carbocycles. The van der Waals surface area contributed by atoms with Gasteiger partial charge >= 0.3 is 0 Å². The second kappa shape index (κ2) is 5.89. The summed E-state index contributed by atoms with van der Waals surface area (Å²) in [6.45, 7) is 11.1. The quantitative estimate of drug-likeness (QED) is 0.430. The maximum Gasteiger partial charge on any atom is 0.188 e. The lowest BCUT2D eigenvalue weighted by Gasteiger charge is -2.31. The first-order valence-corrected chi connectivity index (χ1v) is 5.78. The molecule has 0 radical (unpaired) electrons. The second-order valence-corrected chi connectivity index (χ2v) is 4.94. The van der Waals surface area contributed by atoms with E-state index in [1.54, 1.807) is 0 Å². The summed E-state index contributed by atoms with van der Waals surface area (Å²) in [4.78, 5) is 4.38. The number of nitrogens with one attached hydrogen (secondary N) is 1. The Morgan fingerprint density at radius 2 is 2.12 bits per heavy atom. The van der Waals surface area contributed by atoms with Gasteiger partial charge in [-0.25, -0.2) is 0 Å². The minimum absolute atomic E-state index is 0.244. The highest BCUT2D eigenvalue weighted by Gasteiger charge is 2.26. The van der Waals surface area contributed by atoms with Gasteiger partial charge in [0.25, 0.3) is 0 Å². The van der Waals surface area contributed by atoms with E-state index in [2.05, 4.69) is 23.8 Å². The van der Waals surface area contributed by atoms with Crippen molar-refractivity contribution in [3.05, 3.63) is 12.2 Å². The van der Waals surface area contributed by atoms with Gasteiger partial charge in [0.05, 0.1) is 0 Å². The average molecular weight is 225 g/mol. The molecule has 16 heavy (non-hydrogen) atoms. The number of nitrogens with zero attached hydrogens (tertiary/aromatic N) is 1. The van der Waals surface area contributed by atoms with Crippen molar-refractivity contribution in [3.8, 4) is 0 Å². The van der Waals surface area contributed by atoms with Crippen LogP contribution in [0.5, 0.6) is 0 Å². The summed E-state index contributed by atoms with van der Waals surface area (Å²) in [6.07, 6.45) is 2.12. The van der Waals surface area contributed by atoms with Crippen molar-refractivity contribution >= 4 is 5.96 Å². The lowest BCUT2D eigenvalue weighted by Crippen LogP contribution is -2.35. The number of aliphatic imine (C=N–C) groups is 1. The van der Waals surface area contributed by atoms with E-state index in [-0.39, 0.29) is 5.41 Å². The normalized spacial score (nSPS) is 20.5. The second-order valence-electron chi connectivity index (χ2n) is 4.94. The molecule has 1 rings (SSSR count). The zero-order valence-electron chi connectivity index (χ0n) is 10.4. The Hall–Kier alpha value is -1.03. The molecule has 0 atom stereocenters. The van der Waals surface area contributed by atoms with Gasteiger partial charge in [-0.15, -0.1) is 0 Å². The van der Waals surface area contributed by atoms with Crippen LogP contribution < -0.4 is 11.1 Å². The standard InChI is InChI=1S/C12H23N3O/c1-10(2)8-14-11(13)15-9-12(3)4-6-16-7-5-12/h1,4-9H2,2-3H3,(H3,13,14,15). The predicted octanol–water partition coefficient (Wildman–Crippen LogP) is 1.28. The van der Waals surface area contributed by atoms with Crippen LogP contribution in [0.3, 0.4) is 0 Å². The molecule has 0 spiro atoms. The monoisotopic (exact) mass is 225 g/mol. The van der Waals surface area contributed by atoms with Crippen LogP contribution in [0.2, 0.25) is 0 Å². The first kappa shape index (κ1) is 13.0. The predicted molar refractivity (Wildman–Crippen MR) is 67.5 cm³/mol. The van der Waals surface area contributed by atoms with E-state index in [1.165, 1.54) is 0 Å². The average Bonchev–Trinajstić information content (AvgIpc) is 2.25. The molecule has 0 saturated carbocycles. The molecule has 0 bridgehead atoms. The summed E-state index contributed by atoms with van der Waals surface area (Å²) >= 11 is 0. The van der Waals surface area contributed by atoms with Crippen molar-refractivity contribution in [2.45, 2.75) is 26.7 Å². The molecule has 1 fully saturated rings. The van der Waals surface area contributed by atoms with E-state index in [0.29, 0.717) is 12.5 Å². The molecular weight excluding hydrogens is 202 g/mol. The molecule has 1 aliphatic heterocycles. The van der Waals surface area contributed by atoms with Gasteiger partial charge in [0.1, 0.15) is 0 Å².